The van der Waals surface area contributed by atoms with E-state index in [1.807, 2.05) is 18.3 Å². The zero-order valence-corrected chi connectivity index (χ0v) is 14.0. The van der Waals surface area contributed by atoms with Crippen LogP contribution in [-0.4, -0.2) is 11.8 Å². The quantitative estimate of drug-likeness (QED) is 0.762. The van der Waals surface area contributed by atoms with Gasteiger partial charge in [0.25, 0.3) is 0 Å². The van der Waals surface area contributed by atoms with Crippen LogP contribution >= 0.6 is 11.6 Å². The first-order valence-corrected chi connectivity index (χ1v) is 7.52. The minimum atomic E-state index is -4.73. The molecule has 0 atom stereocenters. The molecule has 8 heteroatoms. The summed E-state index contributed by atoms with van der Waals surface area (Å²) in [7, 11) is 0. The van der Waals surface area contributed by atoms with Gasteiger partial charge in [-0.05, 0) is 49.2 Å². The Morgan fingerprint density at radius 3 is 2.16 bits per heavy atom. The molecule has 2 aromatic carbocycles. The van der Waals surface area contributed by atoms with Crippen LogP contribution in [0.15, 0.2) is 36.4 Å². The molecular weight excluding hydrogens is 357 g/mol. The highest BCUT2D eigenvalue weighted by Gasteiger charge is 2.34. The zero-order chi connectivity index (χ0) is 18.8. The van der Waals surface area contributed by atoms with E-state index >= 15 is 0 Å². The lowest BCUT2D eigenvalue weighted by Crippen LogP contribution is -2.30. The minimum absolute atomic E-state index is 0.134. The van der Waals surface area contributed by atoms with E-state index in [1.54, 1.807) is 19.1 Å². The molecule has 0 unspecified atom stereocenters. The van der Waals surface area contributed by atoms with Gasteiger partial charge in [-0.1, -0.05) is 23.7 Å². The highest BCUT2D eigenvalue weighted by Crippen LogP contribution is 2.36. The van der Waals surface area contributed by atoms with Crippen molar-refractivity contribution in [3.05, 3.63) is 58.1 Å². The maximum absolute atomic E-state index is 13.0. The lowest BCUT2D eigenvalue weighted by molar-refractivity contribution is -0.137. The number of amides is 2. The fraction of sp³-hybridized carbons (Fsp3) is 0.176. The van der Waals surface area contributed by atoms with Gasteiger partial charge in [-0.25, -0.2) is 0 Å². The number of hydrogen-bond acceptors (Lipinski definition) is 2. The van der Waals surface area contributed by atoms with Gasteiger partial charge in [0.2, 0.25) is 0 Å². The summed E-state index contributed by atoms with van der Waals surface area (Å²) in [5, 5.41) is 4.22. The van der Waals surface area contributed by atoms with Gasteiger partial charge >= 0.3 is 18.0 Å². The van der Waals surface area contributed by atoms with Crippen LogP contribution in [0.4, 0.5) is 24.5 Å². The molecule has 0 saturated carbocycles. The molecule has 0 aliphatic heterocycles. The number of carbonyl (C=O) groups excluding carboxylic acids is 2. The normalized spacial score (nSPS) is 11.1. The molecule has 0 saturated heterocycles. The summed E-state index contributed by atoms with van der Waals surface area (Å²) in [6.45, 7) is 3.58. The number of rotatable bonds is 2. The van der Waals surface area contributed by atoms with E-state index in [1.165, 1.54) is 6.07 Å². The van der Waals surface area contributed by atoms with E-state index in [0.717, 1.165) is 17.2 Å². The molecule has 25 heavy (non-hydrogen) atoms. The fourth-order valence-corrected chi connectivity index (χ4v) is 2.28. The monoisotopic (exact) mass is 370 g/mol. The number of halogens is 4. The van der Waals surface area contributed by atoms with Gasteiger partial charge in [0, 0.05) is 10.7 Å². The van der Waals surface area contributed by atoms with Crippen LogP contribution in [0.2, 0.25) is 5.02 Å². The second-order valence-electron chi connectivity index (χ2n) is 5.34. The lowest BCUT2D eigenvalue weighted by atomic mass is 10.1. The molecule has 0 heterocycles. The molecule has 2 amide bonds. The fourth-order valence-electron chi connectivity index (χ4n) is 2.10. The Bertz CT molecular complexity index is 835. The largest absolute Gasteiger partial charge is 0.418 e. The molecule has 132 valence electrons. The molecule has 0 spiro atoms. The minimum Gasteiger partial charge on any atom is -0.318 e. The van der Waals surface area contributed by atoms with Gasteiger partial charge in [0.05, 0.1) is 11.3 Å². The van der Waals surface area contributed by atoms with Crippen LogP contribution in [-0.2, 0) is 15.8 Å². The molecule has 0 aliphatic carbocycles. The third-order valence-corrected chi connectivity index (χ3v) is 3.83. The molecule has 4 nitrogen and oxygen atoms in total. The predicted octanol–water partition coefficient (Wildman–Crippen LogP) is 4.55. The van der Waals surface area contributed by atoms with E-state index in [4.69, 9.17) is 11.6 Å². The van der Waals surface area contributed by atoms with Crippen molar-refractivity contribution >= 4 is 34.8 Å². The Labute approximate surface area is 147 Å². The lowest BCUT2D eigenvalue weighted by Gasteiger charge is -2.14. The summed E-state index contributed by atoms with van der Waals surface area (Å²) in [4.78, 5) is 23.9. The number of carbonyl (C=O) groups is 2. The number of nitrogens with one attached hydrogen (secondary N) is 2. The standard InChI is InChI=1S/C17H14ClF3N2O2/c1-9-4-3-5-13(10(9)2)22-15(24)16(25)23-14-7-6-11(18)8-12(14)17(19,20)21/h3-8H,1-2H3,(H,22,24)(H,23,25). The molecule has 0 fully saturated rings. The summed E-state index contributed by atoms with van der Waals surface area (Å²) < 4.78 is 39.0. The van der Waals surface area contributed by atoms with Crippen molar-refractivity contribution in [3.63, 3.8) is 0 Å². The summed E-state index contributed by atoms with van der Waals surface area (Å²) in [5.74, 6) is -2.29. The van der Waals surface area contributed by atoms with E-state index in [2.05, 4.69) is 5.32 Å². The van der Waals surface area contributed by atoms with Crippen molar-refractivity contribution < 1.29 is 22.8 Å². The number of hydrogen-bond donors (Lipinski definition) is 2. The van der Waals surface area contributed by atoms with E-state index < -0.39 is 29.2 Å². The molecule has 0 bridgehead atoms. The van der Waals surface area contributed by atoms with Crippen molar-refractivity contribution in [2.45, 2.75) is 20.0 Å². The van der Waals surface area contributed by atoms with Gasteiger partial charge in [0.1, 0.15) is 0 Å². The summed E-state index contributed by atoms with van der Waals surface area (Å²) in [6, 6.07) is 7.98. The average Bonchev–Trinajstić information content (AvgIpc) is 2.52. The van der Waals surface area contributed by atoms with Gasteiger partial charge in [0.15, 0.2) is 0 Å². The van der Waals surface area contributed by atoms with Crippen molar-refractivity contribution in [1.82, 2.24) is 0 Å². The number of aryl methyl sites for hydroxylation is 1. The second-order valence-corrected chi connectivity index (χ2v) is 5.78. The van der Waals surface area contributed by atoms with Gasteiger partial charge < -0.3 is 10.6 Å². The molecule has 0 aromatic heterocycles. The molecule has 2 N–H and O–H groups in total. The first kappa shape index (κ1) is 18.8. The van der Waals surface area contributed by atoms with Gasteiger partial charge in [-0.2, -0.15) is 13.2 Å². The van der Waals surface area contributed by atoms with Crippen molar-refractivity contribution in [2.75, 3.05) is 10.6 Å². The molecule has 0 radical (unpaired) electrons. The number of benzene rings is 2. The highest BCUT2D eigenvalue weighted by atomic mass is 35.5. The maximum Gasteiger partial charge on any atom is 0.418 e. The Morgan fingerprint density at radius 1 is 0.960 bits per heavy atom. The molecule has 2 aromatic rings. The van der Waals surface area contributed by atoms with Crippen LogP contribution in [0, 0.1) is 13.8 Å². The first-order valence-electron chi connectivity index (χ1n) is 7.15. The van der Waals surface area contributed by atoms with E-state index in [9.17, 15) is 22.8 Å². The van der Waals surface area contributed by atoms with E-state index in [0.29, 0.717) is 11.8 Å². The smallest absolute Gasteiger partial charge is 0.318 e. The summed E-state index contributed by atoms with van der Waals surface area (Å²) >= 11 is 5.57. The second kappa shape index (κ2) is 7.14. The van der Waals surface area contributed by atoms with Crippen molar-refractivity contribution in [3.8, 4) is 0 Å². The SMILES string of the molecule is Cc1cccc(NC(=O)C(=O)Nc2ccc(Cl)cc2C(F)(F)F)c1C. The van der Waals surface area contributed by atoms with Crippen molar-refractivity contribution in [1.29, 1.82) is 0 Å². The topological polar surface area (TPSA) is 58.2 Å². The van der Waals surface area contributed by atoms with Crippen LogP contribution in [0.5, 0.6) is 0 Å². The number of anilines is 2. The Kier molecular flexibility index (Phi) is 5.37. The maximum atomic E-state index is 13.0. The average molecular weight is 371 g/mol. The Morgan fingerprint density at radius 2 is 1.56 bits per heavy atom. The third kappa shape index (κ3) is 4.51. The van der Waals surface area contributed by atoms with Crippen LogP contribution < -0.4 is 10.6 Å². The summed E-state index contributed by atoms with van der Waals surface area (Å²) in [5.41, 5.74) is 0.389. The predicted molar refractivity (Wildman–Crippen MR) is 89.6 cm³/mol. The van der Waals surface area contributed by atoms with E-state index in [-0.39, 0.29) is 5.02 Å². The summed E-state index contributed by atoms with van der Waals surface area (Å²) in [6.07, 6.45) is -4.73. The van der Waals surface area contributed by atoms with Crippen molar-refractivity contribution in [2.24, 2.45) is 0 Å². The Hall–Kier alpha value is -2.54. The van der Waals surface area contributed by atoms with Crippen LogP contribution in [0.3, 0.4) is 0 Å². The van der Waals surface area contributed by atoms with Gasteiger partial charge in [-0.3, -0.25) is 9.59 Å². The Balaban J connectivity index is 2.20. The highest BCUT2D eigenvalue weighted by molar-refractivity contribution is 6.43. The van der Waals surface area contributed by atoms with Crippen LogP contribution in [0.1, 0.15) is 16.7 Å². The zero-order valence-electron chi connectivity index (χ0n) is 13.3. The first-order chi connectivity index (χ1) is 11.6. The number of alkyl halides is 3. The third-order valence-electron chi connectivity index (χ3n) is 3.59. The molecule has 2 rings (SSSR count). The molecular formula is C17H14ClF3N2O2. The molecule has 0 aliphatic rings. The van der Waals surface area contributed by atoms with Crippen LogP contribution in [0.25, 0.3) is 0 Å². The van der Waals surface area contributed by atoms with Gasteiger partial charge in [-0.15, -0.1) is 0 Å².